The molecule has 0 aliphatic carbocycles. The third kappa shape index (κ3) is 11.7. The molecule has 1 aromatic rings. The summed E-state index contributed by atoms with van der Waals surface area (Å²) < 4.78 is 10.3. The van der Waals surface area contributed by atoms with Crippen LogP contribution in [0.1, 0.15) is 46.6 Å². The van der Waals surface area contributed by atoms with Gasteiger partial charge in [-0.05, 0) is 57.1 Å². The van der Waals surface area contributed by atoms with E-state index >= 15 is 0 Å². The molecule has 8 nitrogen and oxygen atoms in total. The predicted octanol–water partition coefficient (Wildman–Crippen LogP) is 3.15. The Labute approximate surface area is 208 Å². The molecule has 9 heteroatoms. The summed E-state index contributed by atoms with van der Waals surface area (Å²) in [6, 6.07) is 8.08. The summed E-state index contributed by atoms with van der Waals surface area (Å²) in [7, 11) is 1.32. The Morgan fingerprint density at radius 1 is 1.03 bits per heavy atom. The standard InChI is InChI=1S/C25H41N3O5S/c1-17(2)21(28-24(31)33-25(3,4)5)16-26-20(15-18-11-9-8-10-12-18)22(29)27-19(13-14-34-7)23(30)32-6/h8-12,17,19-21,26H,13-16H2,1-7H3,(H,27,29)(H,28,31)/t19-,20-,21+/m0/s1. The van der Waals surface area contributed by atoms with Gasteiger partial charge >= 0.3 is 12.1 Å². The smallest absolute Gasteiger partial charge is 0.407 e. The lowest BCUT2D eigenvalue weighted by atomic mass is 10.0. The quantitative estimate of drug-likeness (QED) is 0.361. The number of hydrogen-bond donors (Lipinski definition) is 3. The van der Waals surface area contributed by atoms with Crippen molar-refractivity contribution in [1.82, 2.24) is 16.0 Å². The molecule has 0 unspecified atom stereocenters. The van der Waals surface area contributed by atoms with E-state index in [1.54, 1.807) is 11.8 Å². The highest BCUT2D eigenvalue weighted by molar-refractivity contribution is 7.98. The van der Waals surface area contributed by atoms with Gasteiger partial charge in [0, 0.05) is 12.6 Å². The molecule has 1 aromatic carbocycles. The van der Waals surface area contributed by atoms with Crippen LogP contribution in [0.5, 0.6) is 0 Å². The Bertz CT molecular complexity index is 768. The zero-order valence-corrected chi connectivity index (χ0v) is 22.3. The van der Waals surface area contributed by atoms with Gasteiger partial charge in [-0.25, -0.2) is 9.59 Å². The fraction of sp³-hybridized carbons (Fsp3) is 0.640. The summed E-state index contributed by atoms with van der Waals surface area (Å²) in [5, 5.41) is 9.04. The number of ether oxygens (including phenoxy) is 2. The molecule has 0 aliphatic heterocycles. The maximum Gasteiger partial charge on any atom is 0.407 e. The van der Waals surface area contributed by atoms with Gasteiger partial charge < -0.3 is 25.4 Å². The normalized spacial score (nSPS) is 14.1. The molecule has 0 aromatic heterocycles. The first-order chi connectivity index (χ1) is 16.0. The highest BCUT2D eigenvalue weighted by atomic mass is 32.2. The van der Waals surface area contributed by atoms with E-state index in [0.717, 1.165) is 5.56 Å². The number of thioether (sulfide) groups is 1. The zero-order valence-electron chi connectivity index (χ0n) is 21.5. The Kier molecular flexibility index (Phi) is 13.0. The summed E-state index contributed by atoms with van der Waals surface area (Å²) in [5.74, 6) is 0.0592. The minimum absolute atomic E-state index is 0.102. The van der Waals surface area contributed by atoms with E-state index < -0.39 is 29.7 Å². The van der Waals surface area contributed by atoms with Crippen LogP contribution in [0, 0.1) is 5.92 Å². The van der Waals surface area contributed by atoms with E-state index in [4.69, 9.17) is 9.47 Å². The lowest BCUT2D eigenvalue weighted by Gasteiger charge is -2.28. The van der Waals surface area contributed by atoms with Gasteiger partial charge in [-0.3, -0.25) is 4.79 Å². The van der Waals surface area contributed by atoms with Gasteiger partial charge in [0.15, 0.2) is 0 Å². The summed E-state index contributed by atoms with van der Waals surface area (Å²) >= 11 is 1.60. The van der Waals surface area contributed by atoms with Crippen LogP contribution in [0.15, 0.2) is 30.3 Å². The van der Waals surface area contributed by atoms with E-state index in [2.05, 4.69) is 16.0 Å². The van der Waals surface area contributed by atoms with Crippen molar-refractivity contribution in [3.8, 4) is 0 Å². The average Bonchev–Trinajstić information content (AvgIpc) is 2.76. The van der Waals surface area contributed by atoms with Gasteiger partial charge in [0.25, 0.3) is 0 Å². The number of benzene rings is 1. The molecule has 192 valence electrons. The minimum Gasteiger partial charge on any atom is -0.467 e. The highest BCUT2D eigenvalue weighted by Gasteiger charge is 2.28. The lowest BCUT2D eigenvalue weighted by Crippen LogP contribution is -2.55. The highest BCUT2D eigenvalue weighted by Crippen LogP contribution is 2.10. The maximum absolute atomic E-state index is 13.2. The second kappa shape index (κ2) is 14.9. The monoisotopic (exact) mass is 495 g/mol. The van der Waals surface area contributed by atoms with Crippen molar-refractivity contribution < 1.29 is 23.9 Å². The number of methoxy groups -OCH3 is 1. The van der Waals surface area contributed by atoms with Gasteiger partial charge in [0.2, 0.25) is 5.91 Å². The summed E-state index contributed by atoms with van der Waals surface area (Å²) in [4.78, 5) is 37.7. The topological polar surface area (TPSA) is 106 Å². The van der Waals surface area contributed by atoms with E-state index in [0.29, 0.717) is 25.1 Å². The Hall–Kier alpha value is -2.26. The summed E-state index contributed by atoms with van der Waals surface area (Å²) in [6.45, 7) is 9.77. The van der Waals surface area contributed by atoms with Gasteiger partial charge in [-0.1, -0.05) is 44.2 Å². The van der Waals surface area contributed by atoms with E-state index in [9.17, 15) is 14.4 Å². The van der Waals surface area contributed by atoms with Crippen molar-refractivity contribution in [2.24, 2.45) is 5.92 Å². The molecule has 3 atom stereocenters. The van der Waals surface area contributed by atoms with Crippen LogP contribution in [0.4, 0.5) is 4.79 Å². The molecule has 1 rings (SSSR count). The molecule has 0 heterocycles. The molecule has 2 amide bonds. The summed E-state index contributed by atoms with van der Waals surface area (Å²) in [6.07, 6.45) is 2.35. The van der Waals surface area contributed by atoms with E-state index in [1.807, 2.05) is 71.2 Å². The fourth-order valence-corrected chi connectivity index (χ4v) is 3.66. The number of nitrogens with one attached hydrogen (secondary N) is 3. The van der Waals surface area contributed by atoms with Gasteiger partial charge in [-0.2, -0.15) is 11.8 Å². The second-order valence-electron chi connectivity index (χ2n) is 9.51. The molecule has 0 radical (unpaired) electrons. The van der Waals surface area contributed by atoms with Crippen molar-refractivity contribution in [2.75, 3.05) is 25.7 Å². The van der Waals surface area contributed by atoms with Crippen molar-refractivity contribution in [1.29, 1.82) is 0 Å². The fourth-order valence-electron chi connectivity index (χ4n) is 3.19. The van der Waals surface area contributed by atoms with Crippen LogP contribution in [0.2, 0.25) is 0 Å². The molecule has 0 fully saturated rings. The van der Waals surface area contributed by atoms with Crippen LogP contribution in [-0.4, -0.2) is 67.4 Å². The van der Waals surface area contributed by atoms with Gasteiger partial charge in [-0.15, -0.1) is 0 Å². The SMILES string of the molecule is COC(=O)[C@H](CCSC)NC(=O)[C@H](Cc1ccccc1)NC[C@@H](NC(=O)OC(C)(C)C)C(C)C. The van der Waals surface area contributed by atoms with E-state index in [-0.39, 0.29) is 17.9 Å². The van der Waals surface area contributed by atoms with Crippen LogP contribution >= 0.6 is 11.8 Å². The van der Waals surface area contributed by atoms with Crippen molar-refractivity contribution in [3.05, 3.63) is 35.9 Å². The number of rotatable bonds is 13. The largest absolute Gasteiger partial charge is 0.467 e. The van der Waals surface area contributed by atoms with Crippen LogP contribution < -0.4 is 16.0 Å². The predicted molar refractivity (Wildman–Crippen MR) is 137 cm³/mol. The molecule has 3 N–H and O–H groups in total. The van der Waals surface area contributed by atoms with Crippen molar-refractivity contribution in [3.63, 3.8) is 0 Å². The van der Waals surface area contributed by atoms with Crippen LogP contribution in [0.3, 0.4) is 0 Å². The number of alkyl carbamates (subject to hydrolysis) is 1. The lowest BCUT2D eigenvalue weighted by molar-refractivity contribution is -0.145. The van der Waals surface area contributed by atoms with Crippen molar-refractivity contribution in [2.45, 2.75) is 71.2 Å². The van der Waals surface area contributed by atoms with E-state index in [1.165, 1.54) is 7.11 Å². The van der Waals surface area contributed by atoms with Crippen molar-refractivity contribution >= 4 is 29.7 Å². The number of carbonyl (C=O) groups is 3. The van der Waals surface area contributed by atoms with Crippen LogP contribution in [0.25, 0.3) is 0 Å². The molecular weight excluding hydrogens is 454 g/mol. The molecule has 0 saturated carbocycles. The number of amides is 2. The zero-order chi connectivity index (χ0) is 25.7. The van der Waals surface area contributed by atoms with Crippen LogP contribution in [-0.2, 0) is 25.5 Å². The molecular formula is C25H41N3O5S. The molecule has 0 saturated heterocycles. The van der Waals surface area contributed by atoms with Gasteiger partial charge in [0.1, 0.15) is 11.6 Å². The first-order valence-corrected chi connectivity index (χ1v) is 13.0. The van der Waals surface area contributed by atoms with Gasteiger partial charge in [0.05, 0.1) is 13.2 Å². The Morgan fingerprint density at radius 2 is 1.68 bits per heavy atom. The molecule has 34 heavy (non-hydrogen) atoms. The first kappa shape index (κ1) is 29.8. The number of hydrogen-bond acceptors (Lipinski definition) is 7. The molecule has 0 spiro atoms. The maximum atomic E-state index is 13.2. The first-order valence-electron chi connectivity index (χ1n) is 11.6. The minimum atomic E-state index is -0.717. The third-order valence-corrected chi connectivity index (χ3v) is 5.75. The third-order valence-electron chi connectivity index (χ3n) is 5.10. The molecule has 0 bridgehead atoms. The number of carbonyl (C=O) groups excluding carboxylic acids is 3. The second-order valence-corrected chi connectivity index (χ2v) is 10.5. The Morgan fingerprint density at radius 3 is 2.21 bits per heavy atom. The summed E-state index contributed by atoms with van der Waals surface area (Å²) in [5.41, 5.74) is 0.379. The Balaban J connectivity index is 2.96. The number of esters is 1. The average molecular weight is 496 g/mol. The molecule has 0 aliphatic rings.